The van der Waals surface area contributed by atoms with Crippen molar-refractivity contribution < 1.29 is 25.2 Å². The van der Waals surface area contributed by atoms with Gasteiger partial charge in [0.2, 0.25) is 5.91 Å². The van der Waals surface area contributed by atoms with Crippen LogP contribution in [0.25, 0.3) is 0 Å². The standard InChI is InChI=1S/C77H151NO5/c1-3-5-7-9-11-13-15-17-19-21-23-25-27-29-31-33-34-35-36-37-38-39-40-41-43-45-47-49-51-53-55-57-59-61-63-65-67-69-71-75(81)77(83)78-73(72-79)76(82)74(80)70-68-66-64-62-60-58-56-54-52-50-48-46-44-42-32-30-28-26-24-22-20-18-16-14-12-10-8-6-4-2/h54,56,62,64,73-76,79-82H,3-53,55,57-61,63,65-72H2,1-2H3,(H,78,83)/b56-54+,64-62+. The number of carbonyl (C=O) groups excluding carboxylic acids is 1. The SMILES string of the molecule is CCCCCCCCCCCCCCCCCCCCCC/C=C/CC/C=C/CCCC(O)C(O)C(CO)NC(=O)C(O)CCCCCCCCCCCCCCCCCCCCCCCCCCCCCCCCCCCCCCCC. The van der Waals surface area contributed by atoms with Gasteiger partial charge >= 0.3 is 0 Å². The van der Waals surface area contributed by atoms with Crippen molar-refractivity contribution in [1.82, 2.24) is 5.32 Å². The molecule has 1 amide bonds. The number of unbranched alkanes of at least 4 members (excludes halogenated alkanes) is 59. The van der Waals surface area contributed by atoms with Crippen molar-refractivity contribution in [3.63, 3.8) is 0 Å². The summed E-state index contributed by atoms with van der Waals surface area (Å²) in [6, 6.07) is -1.01. The minimum atomic E-state index is -1.29. The Bertz CT molecular complexity index is 1270. The summed E-state index contributed by atoms with van der Waals surface area (Å²) in [5.41, 5.74) is 0. The van der Waals surface area contributed by atoms with Crippen molar-refractivity contribution in [3.8, 4) is 0 Å². The molecule has 5 N–H and O–H groups in total. The summed E-state index contributed by atoms with van der Waals surface area (Å²) in [5, 5.41) is 44.2. The van der Waals surface area contributed by atoms with Crippen LogP contribution < -0.4 is 5.32 Å². The smallest absolute Gasteiger partial charge is 0.249 e. The molecule has 0 spiro atoms. The van der Waals surface area contributed by atoms with Gasteiger partial charge in [0.05, 0.1) is 18.8 Å². The van der Waals surface area contributed by atoms with E-state index < -0.39 is 36.9 Å². The Hall–Kier alpha value is -1.21. The van der Waals surface area contributed by atoms with E-state index in [9.17, 15) is 25.2 Å². The summed E-state index contributed by atoms with van der Waals surface area (Å²) >= 11 is 0. The minimum absolute atomic E-state index is 0.365. The first-order valence-corrected chi connectivity index (χ1v) is 38.2. The first-order chi connectivity index (χ1) is 41.0. The maximum atomic E-state index is 12.7. The third-order valence-electron chi connectivity index (χ3n) is 18.4. The zero-order valence-electron chi connectivity index (χ0n) is 56.5. The molecule has 494 valence electrons. The number of nitrogens with one attached hydrogen (secondary N) is 1. The molecular weight excluding hydrogens is 1020 g/mol. The predicted molar refractivity (Wildman–Crippen MR) is 367 cm³/mol. The van der Waals surface area contributed by atoms with Crippen molar-refractivity contribution in [2.24, 2.45) is 0 Å². The van der Waals surface area contributed by atoms with E-state index in [2.05, 4.69) is 43.5 Å². The number of aliphatic hydroxyl groups excluding tert-OH is 4. The zero-order chi connectivity index (χ0) is 60.1. The number of carbonyl (C=O) groups is 1. The monoisotopic (exact) mass is 1170 g/mol. The van der Waals surface area contributed by atoms with E-state index >= 15 is 0 Å². The Labute approximate surface area is 520 Å². The third kappa shape index (κ3) is 65.1. The molecule has 0 aromatic heterocycles. The van der Waals surface area contributed by atoms with Crippen molar-refractivity contribution in [2.45, 2.75) is 456 Å². The summed E-state index contributed by atoms with van der Waals surface area (Å²) in [7, 11) is 0. The molecule has 6 heteroatoms. The normalized spacial score (nSPS) is 13.5. The number of hydrogen-bond acceptors (Lipinski definition) is 5. The van der Waals surface area contributed by atoms with Crippen LogP contribution in [0.2, 0.25) is 0 Å². The lowest BCUT2D eigenvalue weighted by Crippen LogP contribution is -2.53. The Balaban J connectivity index is 3.52. The summed E-state index contributed by atoms with van der Waals surface area (Å²) in [6.07, 6.45) is 92.1. The lowest BCUT2D eigenvalue weighted by atomic mass is 10.00. The summed E-state index contributed by atoms with van der Waals surface area (Å²) in [6.45, 7) is 4.10. The van der Waals surface area contributed by atoms with Crippen LogP contribution in [0.1, 0.15) is 431 Å². The minimum Gasteiger partial charge on any atom is -0.394 e. The maximum absolute atomic E-state index is 12.7. The molecule has 0 radical (unpaired) electrons. The molecule has 6 nitrogen and oxygen atoms in total. The zero-order valence-corrected chi connectivity index (χ0v) is 56.5. The fourth-order valence-corrected chi connectivity index (χ4v) is 12.5. The lowest BCUT2D eigenvalue weighted by molar-refractivity contribution is -0.132. The van der Waals surface area contributed by atoms with Crippen molar-refractivity contribution in [3.05, 3.63) is 24.3 Å². The molecule has 0 aromatic rings. The average molecular weight is 1170 g/mol. The first-order valence-electron chi connectivity index (χ1n) is 38.2. The Morgan fingerprint density at radius 3 is 0.759 bits per heavy atom. The van der Waals surface area contributed by atoms with E-state index in [-0.39, 0.29) is 0 Å². The van der Waals surface area contributed by atoms with Crippen molar-refractivity contribution >= 4 is 5.91 Å². The van der Waals surface area contributed by atoms with Gasteiger partial charge in [-0.05, 0) is 51.4 Å². The summed E-state index contributed by atoms with van der Waals surface area (Å²) in [5.74, 6) is -0.588. The van der Waals surface area contributed by atoms with Crippen LogP contribution in [-0.4, -0.2) is 57.3 Å². The molecule has 0 heterocycles. The summed E-state index contributed by atoms with van der Waals surface area (Å²) in [4.78, 5) is 12.7. The Morgan fingerprint density at radius 2 is 0.506 bits per heavy atom. The van der Waals surface area contributed by atoms with Gasteiger partial charge in [0.15, 0.2) is 0 Å². The first kappa shape index (κ1) is 81.8. The van der Waals surface area contributed by atoms with Gasteiger partial charge in [0, 0.05) is 0 Å². The molecule has 0 saturated carbocycles. The molecule has 0 aliphatic carbocycles. The molecule has 83 heavy (non-hydrogen) atoms. The molecule has 0 aromatic carbocycles. The number of amides is 1. The second-order valence-electron chi connectivity index (χ2n) is 26.7. The second-order valence-corrected chi connectivity index (χ2v) is 26.7. The van der Waals surface area contributed by atoms with Crippen LogP contribution in [0.3, 0.4) is 0 Å². The average Bonchev–Trinajstić information content (AvgIpc) is 3.54. The van der Waals surface area contributed by atoms with Gasteiger partial charge < -0.3 is 25.7 Å². The number of allylic oxidation sites excluding steroid dienone is 4. The highest BCUT2D eigenvalue weighted by atomic mass is 16.3. The topological polar surface area (TPSA) is 110 Å². The van der Waals surface area contributed by atoms with Gasteiger partial charge in [-0.1, -0.05) is 404 Å². The van der Waals surface area contributed by atoms with E-state index in [1.165, 1.54) is 360 Å². The van der Waals surface area contributed by atoms with Crippen molar-refractivity contribution in [1.29, 1.82) is 0 Å². The molecule has 0 aliphatic rings. The number of aliphatic hydroxyl groups is 4. The molecule has 0 saturated heterocycles. The highest BCUT2D eigenvalue weighted by Gasteiger charge is 2.28. The molecule has 0 aliphatic heterocycles. The molecule has 0 bridgehead atoms. The predicted octanol–water partition coefficient (Wildman–Crippen LogP) is 24.1. The summed E-state index contributed by atoms with van der Waals surface area (Å²) < 4.78 is 0. The quantitative estimate of drug-likeness (QED) is 0.0308. The van der Waals surface area contributed by atoms with Gasteiger partial charge in [-0.25, -0.2) is 0 Å². The largest absolute Gasteiger partial charge is 0.394 e. The van der Waals surface area contributed by atoms with Gasteiger partial charge in [-0.2, -0.15) is 0 Å². The molecule has 0 rings (SSSR count). The van der Waals surface area contributed by atoms with E-state index in [4.69, 9.17) is 0 Å². The molecule has 0 fully saturated rings. The maximum Gasteiger partial charge on any atom is 0.249 e. The van der Waals surface area contributed by atoms with Crippen molar-refractivity contribution in [2.75, 3.05) is 6.61 Å². The van der Waals surface area contributed by atoms with Gasteiger partial charge in [0.1, 0.15) is 12.2 Å². The highest BCUT2D eigenvalue weighted by Crippen LogP contribution is 2.20. The highest BCUT2D eigenvalue weighted by molar-refractivity contribution is 5.80. The van der Waals surface area contributed by atoms with Crippen LogP contribution in [-0.2, 0) is 4.79 Å². The fourth-order valence-electron chi connectivity index (χ4n) is 12.5. The lowest BCUT2D eigenvalue weighted by Gasteiger charge is -2.27. The van der Waals surface area contributed by atoms with Crippen LogP contribution in [0, 0.1) is 0 Å². The van der Waals surface area contributed by atoms with E-state index in [1.54, 1.807) is 0 Å². The Kier molecular flexibility index (Phi) is 70.5. The van der Waals surface area contributed by atoms with Gasteiger partial charge in [-0.3, -0.25) is 4.79 Å². The van der Waals surface area contributed by atoms with Crippen LogP contribution in [0.4, 0.5) is 0 Å². The van der Waals surface area contributed by atoms with E-state index in [0.717, 1.165) is 38.5 Å². The van der Waals surface area contributed by atoms with E-state index in [0.29, 0.717) is 19.3 Å². The molecule has 4 atom stereocenters. The Morgan fingerprint density at radius 1 is 0.289 bits per heavy atom. The van der Waals surface area contributed by atoms with Crippen LogP contribution in [0.15, 0.2) is 24.3 Å². The van der Waals surface area contributed by atoms with Crippen LogP contribution in [0.5, 0.6) is 0 Å². The van der Waals surface area contributed by atoms with Gasteiger partial charge in [0.25, 0.3) is 0 Å². The fraction of sp³-hybridized carbons (Fsp3) is 0.935. The number of rotatable bonds is 72. The van der Waals surface area contributed by atoms with Crippen LogP contribution >= 0.6 is 0 Å². The molecular formula is C77H151NO5. The molecule has 4 unspecified atom stereocenters. The third-order valence-corrected chi connectivity index (χ3v) is 18.4. The number of hydrogen-bond donors (Lipinski definition) is 5. The van der Waals surface area contributed by atoms with Gasteiger partial charge in [-0.15, -0.1) is 0 Å². The second kappa shape index (κ2) is 71.5. The van der Waals surface area contributed by atoms with E-state index in [1.807, 2.05) is 0 Å².